The van der Waals surface area contributed by atoms with Crippen LogP contribution >= 0.6 is 0 Å². The number of ketones is 2. The predicted molar refractivity (Wildman–Crippen MR) is 186 cm³/mol. The summed E-state index contributed by atoms with van der Waals surface area (Å²) in [6, 6.07) is 0. The summed E-state index contributed by atoms with van der Waals surface area (Å²) in [6.45, 7) is 4.86. The van der Waals surface area contributed by atoms with E-state index in [0.29, 0.717) is 12.8 Å². The topological polar surface area (TPSA) is 54.5 Å². The van der Waals surface area contributed by atoms with E-state index in [1.165, 1.54) is 27.1 Å². The van der Waals surface area contributed by atoms with Crippen molar-refractivity contribution >= 4 is 17.5 Å². The number of hydrogen-bond donors (Lipinski definition) is 0. The molecule has 0 spiro atoms. The molecule has 0 saturated heterocycles. The minimum atomic E-state index is -3.33. The van der Waals surface area contributed by atoms with Crippen molar-refractivity contribution in [1.82, 2.24) is 4.90 Å². The molecule has 5 rings (SSSR count). The van der Waals surface area contributed by atoms with Crippen LogP contribution in [0.1, 0.15) is 218 Å². The second-order valence-electron chi connectivity index (χ2n) is 8.40. The van der Waals surface area contributed by atoms with Gasteiger partial charge in [-0.2, -0.15) is 0 Å². The van der Waals surface area contributed by atoms with Gasteiger partial charge in [-0.1, -0.05) is 95.5 Å². The van der Waals surface area contributed by atoms with E-state index in [0.717, 1.165) is 24.8 Å². The Morgan fingerprint density at radius 1 is 0.605 bits per heavy atom. The molecule has 0 heterocycles. The van der Waals surface area contributed by atoms with Gasteiger partial charge in [0.15, 0.2) is 0 Å². The summed E-state index contributed by atoms with van der Waals surface area (Å²) in [4.78, 5) is 35.5. The lowest BCUT2D eigenvalue weighted by Crippen LogP contribution is -2.27. The van der Waals surface area contributed by atoms with Crippen LogP contribution in [0, 0.1) is 29.5 Å². The van der Waals surface area contributed by atoms with Crippen LogP contribution in [0.25, 0.3) is 0 Å². The van der Waals surface area contributed by atoms with Crippen molar-refractivity contribution in [3.8, 4) is 0 Å². The molecule has 0 radical (unpaired) electrons. The van der Waals surface area contributed by atoms with Crippen LogP contribution in [-0.2, 0) is 14.4 Å². The first-order chi connectivity index (χ1) is 35.2. The fourth-order valence-electron chi connectivity index (χ4n) is 2.70. The summed E-state index contributed by atoms with van der Waals surface area (Å²) in [5.41, 5.74) is 0. The van der Waals surface area contributed by atoms with E-state index in [2.05, 4.69) is 0 Å². The maximum Gasteiger partial charge on any atom is 0.225 e. The molecule has 0 aliphatic heterocycles. The zero-order valence-electron chi connectivity index (χ0n) is 64.5. The minimum Gasteiger partial charge on any atom is -0.349 e. The van der Waals surface area contributed by atoms with Gasteiger partial charge in [0.2, 0.25) is 5.91 Å². The van der Waals surface area contributed by atoms with Crippen LogP contribution in [0.2, 0.25) is 0 Å². The highest BCUT2D eigenvalue weighted by Gasteiger charge is 2.23. The minimum absolute atomic E-state index is 0. The van der Waals surface area contributed by atoms with E-state index in [9.17, 15) is 14.4 Å². The quantitative estimate of drug-likeness (QED) is 0.281. The average molecular weight is 642 g/mol. The van der Waals surface area contributed by atoms with Crippen LogP contribution < -0.4 is 0 Å². The van der Waals surface area contributed by atoms with Crippen molar-refractivity contribution in [1.29, 1.82) is 0 Å². The molecule has 5 aliphatic rings. The van der Waals surface area contributed by atoms with Crippen molar-refractivity contribution in [2.75, 3.05) is 14.1 Å². The summed E-state index contributed by atoms with van der Waals surface area (Å²) in [7, 11) is 2.35. The molecule has 250 valence electrons. The Morgan fingerprint density at radius 3 is 1.26 bits per heavy atom. The Bertz CT molecular complexity index is 2300. The molecule has 4 heteroatoms. The predicted octanol–water partition coefficient (Wildman–Crippen LogP) is 10.9. The first-order valence-corrected chi connectivity index (χ1v) is 12.7. The smallest absolute Gasteiger partial charge is 0.225 e. The fraction of sp³-hybridized carbons (Fsp3) is 0.821. The van der Waals surface area contributed by atoms with Gasteiger partial charge in [0.05, 0.1) is 0 Å². The monoisotopic (exact) mass is 642 g/mol. The SMILES string of the molecule is C.[2H]C1([2H])C([2H])([2H])C([2H])([2H])C([2H])(C(=O)N(C)C)C1([2H])[2H].[2H]C1([2H])C([2H])([2H])C([2H])([2H])C([2H])(C(C)=O)C1([2H])[2H].[2H]C1([2H])C([2H])([2H])C([2H])([2H])C([2H])(C(C)=O)C1([2H])[2H].[2H]C1([2H])C([2H])([2H])C([2H])([2H])C([2H])(C=CC)C1([2H])[2H].[2H]C1([2H])CC(C=CC)CC1([2H])[2H]. The number of nitrogens with zero attached hydrogens (tertiary/aromatic N) is 1. The molecule has 0 aromatic rings. The van der Waals surface area contributed by atoms with Crippen molar-refractivity contribution in [3.63, 3.8) is 0 Å². The van der Waals surface area contributed by atoms with Gasteiger partial charge in [0, 0.05) is 86.6 Å². The normalized spacial score (nSPS) is 58.9. The summed E-state index contributed by atoms with van der Waals surface area (Å²) in [5.74, 6) is -15.8. The van der Waals surface area contributed by atoms with Crippen molar-refractivity contribution < 1.29 is 69.2 Å². The number of amides is 1. The van der Waals surface area contributed by atoms with Crippen molar-refractivity contribution in [2.24, 2.45) is 29.5 Å². The molecule has 0 aromatic carbocycles. The van der Waals surface area contributed by atoms with E-state index in [1.54, 1.807) is 0 Å². The Labute approximate surface area is 324 Å². The number of allylic oxidation sites excluding steroid dienone is 4. The van der Waals surface area contributed by atoms with E-state index in [-0.39, 0.29) is 13.3 Å². The molecule has 0 bridgehead atoms. The maximum atomic E-state index is 12.0. The van der Waals surface area contributed by atoms with Crippen LogP contribution in [0.4, 0.5) is 0 Å². The molecule has 5 saturated carbocycles. The first kappa shape index (κ1) is 10.4. The van der Waals surface area contributed by atoms with E-state index < -0.39 is 156 Å². The highest BCUT2D eigenvalue weighted by Crippen LogP contribution is 2.27. The number of rotatable bonds is 5. The number of carbonyl (C=O) groups excluding carboxylic acids is 3. The van der Waals surface area contributed by atoms with Gasteiger partial charge in [0.1, 0.15) is 11.6 Å². The molecule has 5 aliphatic carbocycles. The summed E-state index contributed by atoms with van der Waals surface area (Å²) in [5, 5.41) is 0. The molecule has 0 atom stereocenters. The third kappa shape index (κ3) is 19.3. The van der Waals surface area contributed by atoms with E-state index in [4.69, 9.17) is 54.8 Å². The van der Waals surface area contributed by atoms with Crippen LogP contribution in [0.15, 0.2) is 24.3 Å². The lowest BCUT2D eigenvalue weighted by atomic mass is 10.0. The lowest BCUT2D eigenvalue weighted by molar-refractivity contribution is -0.132. The number of Topliss-reactive ketones (excluding diaryl/α,β-unsaturated/α-hetero) is 2. The Morgan fingerprint density at radius 2 is 0.953 bits per heavy atom. The average Bonchev–Trinajstić information content (AvgIpc) is 3.59. The van der Waals surface area contributed by atoms with Gasteiger partial charge in [0.25, 0.3) is 0 Å². The maximum absolute atomic E-state index is 12.0. The molecule has 4 nitrogen and oxygen atoms in total. The molecular weight excluding hydrogens is 530 g/mol. The second-order valence-corrected chi connectivity index (χ2v) is 8.40. The standard InChI is InChI=1S/C8H15NO.2C8H14.2C7H12O.CH4/c1-9(2)8(10)7-5-3-4-6-7;2*1-2-5-8-6-3-4-7-8;2*1-6(8)7-4-2-3-5-7;/h7H,3-6H2,1-2H3;2*2,5,8H,3-4,6-7H2,1H3;2*7H,2-5H2,1H3;1H4/i3D2,4D2,5D2,6D2,7D;3D2,4D2,6D2,7D2,8D;3D2,4D2;2*2D2,3D2,4D2,5D2,7D;. The lowest BCUT2D eigenvalue weighted by Gasteiger charge is -2.14. The number of hydrogen-bond acceptors (Lipinski definition) is 3. The molecule has 0 N–H and O–H groups in total. The van der Waals surface area contributed by atoms with Gasteiger partial charge < -0.3 is 4.90 Å². The fourth-order valence-corrected chi connectivity index (χ4v) is 2.70. The van der Waals surface area contributed by atoms with Gasteiger partial charge >= 0.3 is 0 Å². The van der Waals surface area contributed by atoms with Gasteiger partial charge in [-0.25, -0.2) is 0 Å². The van der Waals surface area contributed by atoms with Gasteiger partial charge in [-0.3, -0.25) is 14.4 Å². The molecular formula is C39H71NO3. The van der Waals surface area contributed by atoms with Crippen molar-refractivity contribution in [3.05, 3.63) is 24.3 Å². The van der Waals surface area contributed by atoms with Crippen LogP contribution in [0.3, 0.4) is 0 Å². The zero-order chi connectivity index (χ0) is 67.1. The third-order valence-electron chi connectivity index (χ3n) is 4.74. The van der Waals surface area contributed by atoms with Crippen LogP contribution in [0.5, 0.6) is 0 Å². The highest BCUT2D eigenvalue weighted by atomic mass is 16.2. The van der Waals surface area contributed by atoms with E-state index >= 15 is 0 Å². The Kier molecular flexibility index (Phi) is 6.19. The van der Waals surface area contributed by atoms with E-state index in [1.807, 2.05) is 19.1 Å². The molecule has 5 fully saturated rings. The van der Waals surface area contributed by atoms with Crippen molar-refractivity contribution in [2.45, 2.75) is 163 Å². The summed E-state index contributed by atoms with van der Waals surface area (Å²) in [6.07, 6.45) is -48.4. The second kappa shape index (κ2) is 25.6. The third-order valence-corrected chi connectivity index (χ3v) is 4.74. The molecule has 43 heavy (non-hydrogen) atoms. The largest absolute Gasteiger partial charge is 0.349 e. The first-order valence-electron chi connectivity index (χ1n) is 32.7. The zero-order valence-corrected chi connectivity index (χ0v) is 24.5. The Balaban J connectivity index is 0.00000102. The van der Waals surface area contributed by atoms with Gasteiger partial charge in [-0.15, -0.1) is 0 Å². The van der Waals surface area contributed by atoms with Crippen LogP contribution in [-0.4, -0.2) is 36.5 Å². The highest BCUT2D eigenvalue weighted by molar-refractivity contribution is 5.79. The molecule has 1 amide bonds. The van der Waals surface area contributed by atoms with Gasteiger partial charge in [-0.05, 0) is 103 Å². The number of carbonyl (C=O) groups is 3. The Hall–Kier alpha value is -1.71. The molecule has 0 aromatic heterocycles. The molecule has 0 unspecified atom stereocenters. The summed E-state index contributed by atoms with van der Waals surface area (Å²) >= 11 is 0. The summed E-state index contributed by atoms with van der Waals surface area (Å²) < 4.78 is 301.